The first kappa shape index (κ1) is 21.7. The normalized spacial score (nSPS) is 18.2. The maximum absolute atomic E-state index is 13.2. The molecule has 0 spiro atoms. The van der Waals surface area contributed by atoms with E-state index in [9.17, 15) is 9.18 Å². The highest BCUT2D eigenvalue weighted by molar-refractivity contribution is 6.34. The average Bonchev–Trinajstić information content (AvgIpc) is 3.31. The molecule has 8 nitrogen and oxygen atoms in total. The van der Waals surface area contributed by atoms with Crippen molar-refractivity contribution in [2.45, 2.75) is 18.8 Å². The van der Waals surface area contributed by atoms with Gasteiger partial charge in [-0.1, -0.05) is 16.8 Å². The zero-order valence-corrected chi connectivity index (χ0v) is 18.5. The second-order valence-electron chi connectivity index (χ2n) is 8.06. The van der Waals surface area contributed by atoms with Crippen LogP contribution in [-0.4, -0.2) is 53.8 Å². The number of hydrogen-bond acceptors (Lipinski definition) is 7. The number of carbonyl (C=O) groups is 1. The van der Waals surface area contributed by atoms with E-state index in [2.05, 4.69) is 20.4 Å². The number of piperidine rings is 1. The average molecular weight is 473 g/mol. The van der Waals surface area contributed by atoms with Gasteiger partial charge in [0.1, 0.15) is 19.0 Å². The Balaban J connectivity index is 1.21. The molecule has 0 radical (unpaired) electrons. The number of hydrogen-bond donors (Lipinski definition) is 1. The molecule has 1 amide bonds. The van der Waals surface area contributed by atoms with E-state index < -0.39 is 0 Å². The van der Waals surface area contributed by atoms with E-state index in [-0.39, 0.29) is 24.2 Å². The van der Waals surface area contributed by atoms with Crippen LogP contribution in [0.3, 0.4) is 0 Å². The molecule has 1 atom stereocenters. The summed E-state index contributed by atoms with van der Waals surface area (Å²) in [6.45, 7) is 2.54. The van der Waals surface area contributed by atoms with Gasteiger partial charge in [-0.3, -0.25) is 9.69 Å². The number of benzene rings is 2. The lowest BCUT2D eigenvalue weighted by molar-refractivity contribution is -0.117. The molecule has 3 aromatic rings. The Hall–Kier alpha value is -3.17. The van der Waals surface area contributed by atoms with Gasteiger partial charge in [0.2, 0.25) is 17.6 Å². The van der Waals surface area contributed by atoms with E-state index in [1.807, 2.05) is 0 Å². The highest BCUT2D eigenvalue weighted by atomic mass is 35.5. The third-order valence-electron chi connectivity index (χ3n) is 5.67. The van der Waals surface area contributed by atoms with Crippen molar-refractivity contribution in [1.29, 1.82) is 0 Å². The summed E-state index contributed by atoms with van der Waals surface area (Å²) in [4.78, 5) is 19.2. The van der Waals surface area contributed by atoms with Gasteiger partial charge in [0.15, 0.2) is 11.5 Å². The van der Waals surface area contributed by atoms with E-state index in [0.717, 1.165) is 19.4 Å². The van der Waals surface area contributed by atoms with Gasteiger partial charge in [0.25, 0.3) is 0 Å². The van der Waals surface area contributed by atoms with E-state index in [1.165, 1.54) is 12.1 Å². The lowest BCUT2D eigenvalue weighted by atomic mass is 9.98. The molecule has 2 aromatic carbocycles. The predicted octanol–water partition coefficient (Wildman–Crippen LogP) is 4.12. The Morgan fingerprint density at radius 3 is 2.73 bits per heavy atom. The number of ether oxygens (including phenoxy) is 2. The van der Waals surface area contributed by atoms with E-state index in [0.29, 0.717) is 59.2 Å². The summed E-state index contributed by atoms with van der Waals surface area (Å²) in [6, 6.07) is 9.29. The first-order chi connectivity index (χ1) is 16.0. The molecule has 1 aromatic heterocycles. The summed E-state index contributed by atoms with van der Waals surface area (Å²) in [5, 5.41) is 7.29. The number of nitrogens with zero attached hydrogens (tertiary/aromatic N) is 3. The van der Waals surface area contributed by atoms with Crippen LogP contribution in [0.5, 0.6) is 11.5 Å². The molecule has 0 bridgehead atoms. The third-order valence-corrected chi connectivity index (χ3v) is 5.98. The standard InChI is InChI=1S/C23H22ClFN4O4/c24-17-10-19-20(32-9-8-31-19)11-18(17)26-21(30)13-29-7-1-2-15(12-29)23-27-22(28-33-23)14-3-5-16(25)6-4-14/h3-6,10-11,15H,1-2,7-9,12-13H2,(H,26,30). The number of anilines is 1. The number of amides is 1. The molecule has 0 aliphatic carbocycles. The van der Waals surface area contributed by atoms with Crippen LogP contribution in [0.2, 0.25) is 5.02 Å². The minimum Gasteiger partial charge on any atom is -0.486 e. The van der Waals surface area contributed by atoms with Gasteiger partial charge in [-0.15, -0.1) is 0 Å². The maximum atomic E-state index is 13.2. The zero-order chi connectivity index (χ0) is 22.8. The van der Waals surface area contributed by atoms with E-state index >= 15 is 0 Å². The van der Waals surface area contributed by atoms with Gasteiger partial charge in [-0.25, -0.2) is 4.39 Å². The Morgan fingerprint density at radius 1 is 1.18 bits per heavy atom. The molecule has 0 saturated carbocycles. The minimum atomic E-state index is -0.318. The summed E-state index contributed by atoms with van der Waals surface area (Å²) in [6.07, 6.45) is 1.79. The molecule has 172 valence electrons. The maximum Gasteiger partial charge on any atom is 0.238 e. The van der Waals surface area contributed by atoms with Gasteiger partial charge in [0.05, 0.1) is 23.2 Å². The summed E-state index contributed by atoms with van der Waals surface area (Å²) < 4.78 is 29.7. The summed E-state index contributed by atoms with van der Waals surface area (Å²) in [7, 11) is 0. The largest absolute Gasteiger partial charge is 0.486 e. The predicted molar refractivity (Wildman–Crippen MR) is 119 cm³/mol. The molecule has 2 aliphatic rings. The number of fused-ring (bicyclic) bond motifs is 1. The fraction of sp³-hybridized carbons (Fsp3) is 0.348. The van der Waals surface area contributed by atoms with Crippen molar-refractivity contribution in [1.82, 2.24) is 15.0 Å². The van der Waals surface area contributed by atoms with Crippen LogP contribution in [0.25, 0.3) is 11.4 Å². The first-order valence-corrected chi connectivity index (χ1v) is 11.1. The van der Waals surface area contributed by atoms with Crippen LogP contribution in [-0.2, 0) is 4.79 Å². The van der Waals surface area contributed by atoms with Crippen molar-refractivity contribution < 1.29 is 23.2 Å². The zero-order valence-electron chi connectivity index (χ0n) is 17.7. The van der Waals surface area contributed by atoms with Crippen molar-refractivity contribution >= 4 is 23.2 Å². The lowest BCUT2D eigenvalue weighted by Gasteiger charge is -2.30. The Bertz CT molecular complexity index is 1150. The number of nitrogens with one attached hydrogen (secondary N) is 1. The topological polar surface area (TPSA) is 89.7 Å². The van der Waals surface area contributed by atoms with Crippen LogP contribution < -0.4 is 14.8 Å². The number of carbonyl (C=O) groups excluding carboxylic acids is 1. The molecule has 1 unspecified atom stereocenters. The van der Waals surface area contributed by atoms with Crippen molar-refractivity contribution in [2.75, 3.05) is 38.2 Å². The number of halogens is 2. The van der Waals surface area contributed by atoms with E-state index in [1.54, 1.807) is 24.3 Å². The second-order valence-corrected chi connectivity index (χ2v) is 8.47. The van der Waals surface area contributed by atoms with Crippen molar-refractivity contribution in [3.63, 3.8) is 0 Å². The summed E-state index contributed by atoms with van der Waals surface area (Å²) in [5.41, 5.74) is 1.18. The fourth-order valence-corrected chi connectivity index (χ4v) is 4.27. The van der Waals surface area contributed by atoms with Crippen LogP contribution >= 0.6 is 11.6 Å². The third kappa shape index (κ3) is 4.94. The molecule has 3 heterocycles. The van der Waals surface area contributed by atoms with Crippen molar-refractivity contribution in [2.24, 2.45) is 0 Å². The lowest BCUT2D eigenvalue weighted by Crippen LogP contribution is -2.39. The number of likely N-dealkylation sites (tertiary alicyclic amines) is 1. The van der Waals surface area contributed by atoms with Crippen LogP contribution in [0.4, 0.5) is 10.1 Å². The van der Waals surface area contributed by atoms with Crippen LogP contribution in [0, 0.1) is 5.82 Å². The van der Waals surface area contributed by atoms with Crippen molar-refractivity contribution in [3.05, 3.63) is 53.1 Å². The Morgan fingerprint density at radius 2 is 1.94 bits per heavy atom. The number of aromatic nitrogens is 2. The Labute approximate surface area is 194 Å². The molecule has 2 aliphatic heterocycles. The van der Waals surface area contributed by atoms with Gasteiger partial charge >= 0.3 is 0 Å². The minimum absolute atomic E-state index is 0.0196. The van der Waals surface area contributed by atoms with Gasteiger partial charge in [0, 0.05) is 24.2 Å². The second kappa shape index (κ2) is 9.36. The highest BCUT2D eigenvalue weighted by Gasteiger charge is 2.27. The SMILES string of the molecule is O=C(CN1CCCC(c2nc(-c3ccc(F)cc3)no2)C1)Nc1cc2c(cc1Cl)OCCO2. The summed E-state index contributed by atoms with van der Waals surface area (Å²) in [5.74, 6) is 1.61. The molecular formula is C23H22ClFN4O4. The monoisotopic (exact) mass is 472 g/mol. The summed E-state index contributed by atoms with van der Waals surface area (Å²) >= 11 is 6.30. The fourth-order valence-electron chi connectivity index (χ4n) is 4.07. The quantitative estimate of drug-likeness (QED) is 0.597. The molecule has 1 N–H and O–H groups in total. The van der Waals surface area contributed by atoms with Crippen LogP contribution in [0.1, 0.15) is 24.7 Å². The van der Waals surface area contributed by atoms with Gasteiger partial charge < -0.3 is 19.3 Å². The van der Waals surface area contributed by atoms with E-state index in [4.69, 9.17) is 25.6 Å². The molecule has 5 rings (SSSR count). The highest BCUT2D eigenvalue weighted by Crippen LogP contribution is 2.38. The van der Waals surface area contributed by atoms with Gasteiger partial charge in [-0.05, 0) is 43.7 Å². The Kier molecular flexibility index (Phi) is 6.15. The smallest absolute Gasteiger partial charge is 0.238 e. The molecular weight excluding hydrogens is 451 g/mol. The molecule has 33 heavy (non-hydrogen) atoms. The van der Waals surface area contributed by atoms with Crippen LogP contribution in [0.15, 0.2) is 40.9 Å². The number of rotatable bonds is 5. The van der Waals surface area contributed by atoms with Crippen molar-refractivity contribution in [3.8, 4) is 22.9 Å². The first-order valence-electron chi connectivity index (χ1n) is 10.8. The van der Waals surface area contributed by atoms with Gasteiger partial charge in [-0.2, -0.15) is 4.98 Å². The molecule has 10 heteroatoms. The molecule has 1 fully saturated rings. The molecule has 1 saturated heterocycles.